The standard InChI is InChI=1S/C16H16BrCl2NO/c1-2-13(20)8-10-7-11(17)3-5-15(10)21-16-6-4-12(18)9-14(16)19/h3-7,9,13H,2,8,20H2,1H3. The smallest absolute Gasteiger partial charge is 0.146 e. The molecule has 0 aliphatic heterocycles. The van der Waals surface area contributed by atoms with Gasteiger partial charge < -0.3 is 10.5 Å². The van der Waals surface area contributed by atoms with Gasteiger partial charge >= 0.3 is 0 Å². The molecule has 2 aromatic rings. The zero-order valence-corrected chi connectivity index (χ0v) is 14.7. The van der Waals surface area contributed by atoms with Gasteiger partial charge in [-0.05, 0) is 54.8 Å². The van der Waals surface area contributed by atoms with Gasteiger partial charge in [0.1, 0.15) is 11.5 Å². The topological polar surface area (TPSA) is 35.2 Å². The molecule has 1 unspecified atom stereocenters. The van der Waals surface area contributed by atoms with E-state index in [0.717, 1.165) is 28.6 Å². The molecule has 0 saturated carbocycles. The van der Waals surface area contributed by atoms with Crippen LogP contribution in [0.3, 0.4) is 0 Å². The summed E-state index contributed by atoms with van der Waals surface area (Å²) < 4.78 is 6.92. The summed E-state index contributed by atoms with van der Waals surface area (Å²) in [6.07, 6.45) is 1.66. The zero-order valence-electron chi connectivity index (χ0n) is 11.6. The van der Waals surface area contributed by atoms with E-state index in [2.05, 4.69) is 22.9 Å². The van der Waals surface area contributed by atoms with Crippen LogP contribution in [0.2, 0.25) is 10.0 Å². The Balaban J connectivity index is 2.30. The van der Waals surface area contributed by atoms with Crippen LogP contribution >= 0.6 is 39.1 Å². The molecule has 2 rings (SSSR count). The van der Waals surface area contributed by atoms with E-state index in [4.69, 9.17) is 33.7 Å². The third-order valence-electron chi connectivity index (χ3n) is 3.14. The van der Waals surface area contributed by atoms with E-state index in [0.29, 0.717) is 15.8 Å². The molecule has 0 heterocycles. The van der Waals surface area contributed by atoms with E-state index >= 15 is 0 Å². The molecule has 2 nitrogen and oxygen atoms in total. The molecule has 0 aromatic heterocycles. The molecule has 0 saturated heterocycles. The number of hydrogen-bond donors (Lipinski definition) is 1. The highest BCUT2D eigenvalue weighted by molar-refractivity contribution is 9.10. The maximum absolute atomic E-state index is 6.15. The van der Waals surface area contributed by atoms with Crippen molar-refractivity contribution >= 4 is 39.1 Å². The van der Waals surface area contributed by atoms with E-state index in [1.165, 1.54) is 0 Å². The Morgan fingerprint density at radius 2 is 1.86 bits per heavy atom. The van der Waals surface area contributed by atoms with Gasteiger partial charge in [0.15, 0.2) is 0 Å². The van der Waals surface area contributed by atoms with Crippen molar-refractivity contribution in [3.8, 4) is 11.5 Å². The van der Waals surface area contributed by atoms with E-state index < -0.39 is 0 Å². The first-order valence-corrected chi connectivity index (χ1v) is 8.21. The van der Waals surface area contributed by atoms with Crippen molar-refractivity contribution in [1.29, 1.82) is 0 Å². The summed E-state index contributed by atoms with van der Waals surface area (Å²) in [5.74, 6) is 1.33. The molecule has 5 heteroatoms. The van der Waals surface area contributed by atoms with Gasteiger partial charge in [-0.3, -0.25) is 0 Å². The molecule has 1 atom stereocenters. The first-order valence-electron chi connectivity index (χ1n) is 6.66. The van der Waals surface area contributed by atoms with Crippen LogP contribution in [-0.4, -0.2) is 6.04 Å². The van der Waals surface area contributed by atoms with E-state index in [-0.39, 0.29) is 6.04 Å². The van der Waals surface area contributed by atoms with E-state index in [9.17, 15) is 0 Å². The van der Waals surface area contributed by atoms with Crippen LogP contribution < -0.4 is 10.5 Å². The number of halogens is 3. The molecule has 112 valence electrons. The summed E-state index contributed by atoms with van der Waals surface area (Å²) in [7, 11) is 0. The largest absolute Gasteiger partial charge is 0.456 e. The van der Waals surface area contributed by atoms with Crippen molar-refractivity contribution in [2.24, 2.45) is 5.73 Å². The molecule has 2 N–H and O–H groups in total. The lowest BCUT2D eigenvalue weighted by atomic mass is 10.0. The third kappa shape index (κ3) is 4.62. The number of benzene rings is 2. The molecule has 0 spiro atoms. The molecule has 2 aromatic carbocycles. The predicted octanol–water partition coefficient (Wildman–Crippen LogP) is 5.83. The maximum atomic E-state index is 6.15. The van der Waals surface area contributed by atoms with Crippen molar-refractivity contribution in [2.75, 3.05) is 0 Å². The van der Waals surface area contributed by atoms with Crippen LogP contribution in [0, 0.1) is 0 Å². The fraction of sp³-hybridized carbons (Fsp3) is 0.250. The normalized spacial score (nSPS) is 12.2. The Hall–Kier alpha value is -0.740. The van der Waals surface area contributed by atoms with E-state index in [1.54, 1.807) is 18.2 Å². The number of nitrogens with two attached hydrogens (primary N) is 1. The minimum absolute atomic E-state index is 0.0994. The van der Waals surface area contributed by atoms with Gasteiger partial charge in [-0.25, -0.2) is 0 Å². The molecule has 0 aliphatic rings. The van der Waals surface area contributed by atoms with Crippen molar-refractivity contribution in [2.45, 2.75) is 25.8 Å². The molecule has 0 amide bonds. The van der Waals surface area contributed by atoms with Crippen molar-refractivity contribution in [3.05, 3.63) is 56.5 Å². The zero-order chi connectivity index (χ0) is 15.4. The first-order chi connectivity index (χ1) is 9.99. The maximum Gasteiger partial charge on any atom is 0.146 e. The summed E-state index contributed by atoms with van der Waals surface area (Å²) >= 11 is 15.5. The molecule has 0 bridgehead atoms. The Labute approximate surface area is 143 Å². The molecular formula is C16H16BrCl2NO. The molecule has 0 fully saturated rings. The second-order valence-electron chi connectivity index (χ2n) is 4.80. The number of rotatable bonds is 5. The lowest BCUT2D eigenvalue weighted by Gasteiger charge is -2.15. The fourth-order valence-electron chi connectivity index (χ4n) is 1.91. The Bertz CT molecular complexity index is 634. The van der Waals surface area contributed by atoms with Gasteiger partial charge in [-0.1, -0.05) is 46.1 Å². The van der Waals surface area contributed by atoms with Gasteiger partial charge in [-0.2, -0.15) is 0 Å². The molecule has 0 radical (unpaired) electrons. The van der Waals surface area contributed by atoms with Crippen LogP contribution in [0.15, 0.2) is 40.9 Å². The predicted molar refractivity (Wildman–Crippen MR) is 92.6 cm³/mol. The monoisotopic (exact) mass is 387 g/mol. The second kappa shape index (κ2) is 7.50. The van der Waals surface area contributed by atoms with Crippen molar-refractivity contribution < 1.29 is 4.74 Å². The van der Waals surface area contributed by atoms with Crippen LogP contribution in [0.4, 0.5) is 0 Å². The van der Waals surface area contributed by atoms with Gasteiger partial charge in [0.05, 0.1) is 5.02 Å². The Morgan fingerprint density at radius 3 is 2.52 bits per heavy atom. The summed E-state index contributed by atoms with van der Waals surface area (Å²) in [5, 5.41) is 1.06. The average Bonchev–Trinajstić information content (AvgIpc) is 2.44. The summed E-state index contributed by atoms with van der Waals surface area (Å²) in [4.78, 5) is 0. The van der Waals surface area contributed by atoms with Crippen LogP contribution in [-0.2, 0) is 6.42 Å². The highest BCUT2D eigenvalue weighted by Gasteiger charge is 2.11. The lowest BCUT2D eigenvalue weighted by molar-refractivity contribution is 0.472. The molecule has 21 heavy (non-hydrogen) atoms. The average molecular weight is 389 g/mol. The summed E-state index contributed by atoms with van der Waals surface area (Å²) in [6, 6.07) is 11.1. The minimum Gasteiger partial charge on any atom is -0.456 e. The van der Waals surface area contributed by atoms with Crippen LogP contribution in [0.5, 0.6) is 11.5 Å². The fourth-order valence-corrected chi connectivity index (χ4v) is 2.77. The van der Waals surface area contributed by atoms with E-state index in [1.807, 2.05) is 18.2 Å². The van der Waals surface area contributed by atoms with Gasteiger partial charge in [-0.15, -0.1) is 0 Å². The Kier molecular flexibility index (Phi) is 5.94. The third-order valence-corrected chi connectivity index (χ3v) is 4.17. The SMILES string of the molecule is CCC(N)Cc1cc(Br)ccc1Oc1ccc(Cl)cc1Cl. The van der Waals surface area contributed by atoms with Crippen molar-refractivity contribution in [3.63, 3.8) is 0 Å². The summed E-state index contributed by atoms with van der Waals surface area (Å²) in [5.41, 5.74) is 7.10. The van der Waals surface area contributed by atoms with Gasteiger partial charge in [0.2, 0.25) is 0 Å². The first kappa shape index (κ1) is 16.6. The highest BCUT2D eigenvalue weighted by Crippen LogP contribution is 2.34. The van der Waals surface area contributed by atoms with Crippen LogP contribution in [0.25, 0.3) is 0 Å². The molecule has 0 aliphatic carbocycles. The number of ether oxygens (including phenoxy) is 1. The molecular weight excluding hydrogens is 373 g/mol. The second-order valence-corrected chi connectivity index (χ2v) is 6.56. The number of hydrogen-bond acceptors (Lipinski definition) is 2. The lowest BCUT2D eigenvalue weighted by Crippen LogP contribution is -2.21. The summed E-state index contributed by atoms with van der Waals surface area (Å²) in [6.45, 7) is 2.07. The van der Waals surface area contributed by atoms with Gasteiger partial charge in [0, 0.05) is 15.5 Å². The quantitative estimate of drug-likeness (QED) is 0.699. The Morgan fingerprint density at radius 1 is 1.14 bits per heavy atom. The van der Waals surface area contributed by atoms with Crippen LogP contribution in [0.1, 0.15) is 18.9 Å². The highest BCUT2D eigenvalue weighted by atomic mass is 79.9. The minimum atomic E-state index is 0.0994. The van der Waals surface area contributed by atoms with Gasteiger partial charge in [0.25, 0.3) is 0 Å². The van der Waals surface area contributed by atoms with Crippen molar-refractivity contribution in [1.82, 2.24) is 0 Å².